The van der Waals surface area contributed by atoms with Crippen molar-refractivity contribution in [3.05, 3.63) is 0 Å². The van der Waals surface area contributed by atoms with Crippen LogP contribution in [0.3, 0.4) is 0 Å². The van der Waals surface area contributed by atoms with Gasteiger partial charge in [0.1, 0.15) is 0 Å². The topological polar surface area (TPSA) is 50.4 Å². The van der Waals surface area contributed by atoms with E-state index in [1.54, 1.807) is 7.11 Å². The zero-order chi connectivity index (χ0) is 12.7. The zero-order valence-corrected chi connectivity index (χ0v) is 11.3. The molecule has 0 aromatic rings. The molecule has 1 amide bonds. The van der Waals surface area contributed by atoms with Crippen molar-refractivity contribution in [2.75, 3.05) is 20.3 Å². The highest BCUT2D eigenvalue weighted by molar-refractivity contribution is 5.82. The molecule has 1 aliphatic heterocycles. The summed E-state index contributed by atoms with van der Waals surface area (Å²) >= 11 is 0. The zero-order valence-electron chi connectivity index (χ0n) is 11.3. The molecular formula is C13H26N2O2. The summed E-state index contributed by atoms with van der Waals surface area (Å²) in [6.45, 7) is 5.74. The molecule has 4 heteroatoms. The molecule has 1 aliphatic rings. The van der Waals surface area contributed by atoms with Crippen molar-refractivity contribution in [1.82, 2.24) is 10.6 Å². The average molecular weight is 242 g/mol. The number of nitrogens with one attached hydrogen (secondary N) is 2. The first kappa shape index (κ1) is 14.5. The summed E-state index contributed by atoms with van der Waals surface area (Å²) in [6, 6.07) is 0.0909. The first-order valence-corrected chi connectivity index (χ1v) is 6.68. The molecule has 2 N–H and O–H groups in total. The van der Waals surface area contributed by atoms with Gasteiger partial charge in [0.15, 0.2) is 0 Å². The van der Waals surface area contributed by atoms with Gasteiger partial charge in [-0.1, -0.05) is 26.7 Å². The highest BCUT2D eigenvalue weighted by Gasteiger charge is 2.23. The molecule has 100 valence electrons. The van der Waals surface area contributed by atoms with Crippen LogP contribution in [-0.2, 0) is 9.53 Å². The van der Waals surface area contributed by atoms with Gasteiger partial charge >= 0.3 is 0 Å². The largest absolute Gasteiger partial charge is 0.383 e. The van der Waals surface area contributed by atoms with Crippen molar-refractivity contribution < 1.29 is 9.53 Å². The van der Waals surface area contributed by atoms with Crippen molar-refractivity contribution >= 4 is 5.91 Å². The average Bonchev–Trinajstić information content (AvgIpc) is 2.56. The molecule has 1 saturated heterocycles. The minimum atomic E-state index is -0.0180. The lowest BCUT2D eigenvalue weighted by molar-refractivity contribution is -0.124. The van der Waals surface area contributed by atoms with Crippen LogP contribution >= 0.6 is 0 Å². The molecule has 1 heterocycles. The summed E-state index contributed by atoms with van der Waals surface area (Å²) in [7, 11) is 1.67. The standard InChI is InChI=1S/C13H26N2O2/c1-10(2)12(9-17-3)15-13(16)11-7-5-4-6-8-14-11/h10-12,14H,4-9H2,1-3H3,(H,15,16). The van der Waals surface area contributed by atoms with Crippen LogP contribution < -0.4 is 10.6 Å². The number of amides is 1. The predicted octanol–water partition coefficient (Wildman–Crippen LogP) is 1.31. The number of carbonyl (C=O) groups excluding carboxylic acids is 1. The molecule has 0 saturated carbocycles. The van der Waals surface area contributed by atoms with E-state index >= 15 is 0 Å². The van der Waals surface area contributed by atoms with Crippen LogP contribution in [-0.4, -0.2) is 38.3 Å². The van der Waals surface area contributed by atoms with E-state index in [0.717, 1.165) is 19.4 Å². The summed E-state index contributed by atoms with van der Waals surface area (Å²) in [5, 5.41) is 6.40. The third kappa shape index (κ3) is 5.04. The maximum absolute atomic E-state index is 12.1. The fourth-order valence-electron chi connectivity index (χ4n) is 2.12. The summed E-state index contributed by atoms with van der Waals surface area (Å²) in [6.07, 6.45) is 4.49. The number of methoxy groups -OCH3 is 1. The fourth-order valence-corrected chi connectivity index (χ4v) is 2.12. The Morgan fingerprint density at radius 2 is 2.18 bits per heavy atom. The Morgan fingerprint density at radius 3 is 2.82 bits per heavy atom. The van der Waals surface area contributed by atoms with E-state index in [4.69, 9.17) is 4.74 Å². The van der Waals surface area contributed by atoms with Gasteiger partial charge in [0, 0.05) is 7.11 Å². The van der Waals surface area contributed by atoms with Gasteiger partial charge in [-0.25, -0.2) is 0 Å². The summed E-state index contributed by atoms with van der Waals surface area (Å²) in [5.41, 5.74) is 0. The predicted molar refractivity (Wildman–Crippen MR) is 68.9 cm³/mol. The minimum Gasteiger partial charge on any atom is -0.383 e. The van der Waals surface area contributed by atoms with Crippen LogP contribution in [0.25, 0.3) is 0 Å². The van der Waals surface area contributed by atoms with Crippen LogP contribution in [0.4, 0.5) is 0 Å². The Hall–Kier alpha value is -0.610. The van der Waals surface area contributed by atoms with Crippen LogP contribution in [0.1, 0.15) is 39.5 Å². The number of hydrogen-bond acceptors (Lipinski definition) is 3. The second kappa shape index (κ2) is 7.67. The minimum absolute atomic E-state index is 0.0180. The van der Waals surface area contributed by atoms with Crippen molar-refractivity contribution in [1.29, 1.82) is 0 Å². The van der Waals surface area contributed by atoms with Crippen LogP contribution in [0.15, 0.2) is 0 Å². The Morgan fingerprint density at radius 1 is 1.41 bits per heavy atom. The summed E-state index contributed by atoms with van der Waals surface area (Å²) < 4.78 is 5.14. The van der Waals surface area contributed by atoms with Gasteiger partial charge in [-0.15, -0.1) is 0 Å². The molecule has 0 aliphatic carbocycles. The van der Waals surface area contributed by atoms with Gasteiger partial charge in [0.25, 0.3) is 0 Å². The second-order valence-electron chi connectivity index (χ2n) is 5.17. The van der Waals surface area contributed by atoms with Crippen LogP contribution in [0.5, 0.6) is 0 Å². The Balaban J connectivity index is 2.44. The molecule has 1 rings (SSSR count). The summed E-state index contributed by atoms with van der Waals surface area (Å²) in [4.78, 5) is 12.1. The highest BCUT2D eigenvalue weighted by Crippen LogP contribution is 2.09. The quantitative estimate of drug-likeness (QED) is 0.764. The second-order valence-corrected chi connectivity index (χ2v) is 5.17. The number of carbonyl (C=O) groups is 1. The molecule has 2 atom stereocenters. The van der Waals surface area contributed by atoms with E-state index in [1.807, 2.05) is 0 Å². The number of ether oxygens (including phenoxy) is 1. The van der Waals surface area contributed by atoms with Gasteiger partial charge in [-0.05, 0) is 25.3 Å². The molecular weight excluding hydrogens is 216 g/mol. The summed E-state index contributed by atoms with van der Waals surface area (Å²) in [5.74, 6) is 0.521. The Labute approximate surface area is 104 Å². The van der Waals surface area contributed by atoms with Crippen molar-refractivity contribution in [3.63, 3.8) is 0 Å². The van der Waals surface area contributed by atoms with Crippen molar-refractivity contribution in [2.45, 2.75) is 51.6 Å². The molecule has 0 aromatic heterocycles. The maximum atomic E-state index is 12.1. The third-order valence-corrected chi connectivity index (χ3v) is 3.36. The number of hydrogen-bond donors (Lipinski definition) is 2. The van der Waals surface area contributed by atoms with E-state index in [1.165, 1.54) is 12.8 Å². The van der Waals surface area contributed by atoms with Crippen LogP contribution in [0.2, 0.25) is 0 Å². The molecule has 1 fully saturated rings. The molecule has 0 aromatic carbocycles. The molecule has 0 radical (unpaired) electrons. The number of rotatable bonds is 5. The lowest BCUT2D eigenvalue weighted by atomic mass is 10.0. The molecule has 0 bridgehead atoms. The Kier molecular flexibility index (Phi) is 6.52. The molecule has 0 spiro atoms. The first-order valence-electron chi connectivity index (χ1n) is 6.68. The normalized spacial score (nSPS) is 23.2. The fraction of sp³-hybridized carbons (Fsp3) is 0.923. The Bertz CT molecular complexity index is 223. The van der Waals surface area contributed by atoms with Gasteiger partial charge in [-0.2, -0.15) is 0 Å². The van der Waals surface area contributed by atoms with E-state index in [-0.39, 0.29) is 18.0 Å². The third-order valence-electron chi connectivity index (χ3n) is 3.36. The molecule has 2 unspecified atom stereocenters. The highest BCUT2D eigenvalue weighted by atomic mass is 16.5. The van der Waals surface area contributed by atoms with Gasteiger partial charge in [0.2, 0.25) is 5.91 Å². The van der Waals surface area contributed by atoms with E-state index in [0.29, 0.717) is 12.5 Å². The SMILES string of the molecule is COCC(NC(=O)C1CCCCCN1)C(C)C. The van der Waals surface area contributed by atoms with Crippen molar-refractivity contribution in [2.24, 2.45) is 5.92 Å². The lowest BCUT2D eigenvalue weighted by Crippen LogP contribution is -2.50. The van der Waals surface area contributed by atoms with E-state index < -0.39 is 0 Å². The first-order chi connectivity index (χ1) is 8.15. The van der Waals surface area contributed by atoms with Crippen molar-refractivity contribution in [3.8, 4) is 0 Å². The molecule has 4 nitrogen and oxygen atoms in total. The van der Waals surface area contributed by atoms with Gasteiger partial charge in [0.05, 0.1) is 18.7 Å². The molecule has 17 heavy (non-hydrogen) atoms. The van der Waals surface area contributed by atoms with Crippen LogP contribution in [0, 0.1) is 5.92 Å². The smallest absolute Gasteiger partial charge is 0.237 e. The monoisotopic (exact) mass is 242 g/mol. The lowest BCUT2D eigenvalue weighted by Gasteiger charge is -2.24. The van der Waals surface area contributed by atoms with E-state index in [9.17, 15) is 4.79 Å². The van der Waals surface area contributed by atoms with Gasteiger partial charge in [-0.3, -0.25) is 4.79 Å². The van der Waals surface area contributed by atoms with Gasteiger partial charge < -0.3 is 15.4 Å². The van der Waals surface area contributed by atoms with E-state index in [2.05, 4.69) is 24.5 Å². The maximum Gasteiger partial charge on any atom is 0.237 e.